The fourth-order valence-electron chi connectivity index (χ4n) is 3.14. The third kappa shape index (κ3) is 2.48. The van der Waals surface area contributed by atoms with E-state index in [4.69, 9.17) is 11.6 Å². The molecule has 1 heterocycles. The lowest BCUT2D eigenvalue weighted by Gasteiger charge is -2.28. The van der Waals surface area contributed by atoms with Gasteiger partial charge in [-0.25, -0.2) is 4.90 Å². The van der Waals surface area contributed by atoms with E-state index in [9.17, 15) is 24.8 Å². The summed E-state index contributed by atoms with van der Waals surface area (Å²) in [6, 6.07) is 9.76. The Labute approximate surface area is 165 Å². The first-order valence-electron chi connectivity index (χ1n) is 7.58. The maximum atomic E-state index is 13.1. The lowest BCUT2D eigenvalue weighted by Crippen LogP contribution is -2.40. The quantitative estimate of drug-likeness (QED) is 0.349. The number of anilines is 1. The molecule has 0 spiro atoms. The van der Waals surface area contributed by atoms with Crippen LogP contribution in [0.25, 0.3) is 10.8 Å². The molecule has 0 fully saturated rings. The molecule has 0 saturated heterocycles. The Morgan fingerprint density at radius 3 is 2.48 bits per heavy atom. The second kappa shape index (κ2) is 6.04. The summed E-state index contributed by atoms with van der Waals surface area (Å²) in [5, 5.41) is 22.4. The summed E-state index contributed by atoms with van der Waals surface area (Å²) < 4.78 is 0.188. The van der Waals surface area contributed by atoms with E-state index in [0.29, 0.717) is 10.8 Å². The molecule has 9 heteroatoms. The zero-order valence-electron chi connectivity index (χ0n) is 13.3. The van der Waals surface area contributed by atoms with Gasteiger partial charge in [0.1, 0.15) is 10.2 Å². The summed E-state index contributed by atoms with van der Waals surface area (Å²) in [7, 11) is 0. The molecule has 2 amide bonds. The molecular weight excluding hydrogens is 440 g/mol. The molecular formula is C18H8BrClN2O5. The lowest BCUT2D eigenvalue weighted by molar-refractivity contribution is -0.385. The molecule has 3 aromatic carbocycles. The molecule has 1 aliphatic heterocycles. The Morgan fingerprint density at radius 2 is 1.78 bits per heavy atom. The molecule has 1 N–H and O–H groups in total. The van der Waals surface area contributed by atoms with Crippen LogP contribution in [0.2, 0.25) is 5.02 Å². The second-order valence-electron chi connectivity index (χ2n) is 5.82. The monoisotopic (exact) mass is 446 g/mol. The van der Waals surface area contributed by atoms with Crippen LogP contribution >= 0.6 is 27.5 Å². The predicted octanol–water partition coefficient (Wildman–Crippen LogP) is 4.67. The first kappa shape index (κ1) is 17.4. The van der Waals surface area contributed by atoms with Crippen molar-refractivity contribution in [1.29, 1.82) is 0 Å². The molecule has 0 aliphatic carbocycles. The normalized spacial score (nSPS) is 13.3. The van der Waals surface area contributed by atoms with Gasteiger partial charge in [0, 0.05) is 27.4 Å². The van der Waals surface area contributed by atoms with Crippen molar-refractivity contribution in [2.45, 2.75) is 0 Å². The fourth-order valence-corrected chi connectivity index (χ4v) is 3.90. The number of hydrogen-bond donors (Lipinski definition) is 1. The number of rotatable bonds is 2. The number of halogens is 2. The van der Waals surface area contributed by atoms with Gasteiger partial charge in [-0.05, 0) is 40.2 Å². The standard InChI is InChI=1S/C18H8BrClN2O5/c19-16-9-2-1-3-10-15(9)11(7-13(16)22(26)27)18(25)21(17(10)24)12-6-8(20)4-5-14(12)23/h1-7,23H. The van der Waals surface area contributed by atoms with Crippen molar-refractivity contribution in [1.82, 2.24) is 0 Å². The number of nitro groups is 1. The molecule has 0 aromatic heterocycles. The van der Waals surface area contributed by atoms with E-state index in [0.717, 1.165) is 11.0 Å². The largest absolute Gasteiger partial charge is 0.506 e. The molecule has 7 nitrogen and oxygen atoms in total. The van der Waals surface area contributed by atoms with Crippen molar-refractivity contribution in [3.8, 4) is 5.75 Å². The molecule has 1 aliphatic rings. The highest BCUT2D eigenvalue weighted by Crippen LogP contribution is 2.42. The summed E-state index contributed by atoms with van der Waals surface area (Å²) in [5.74, 6) is -1.75. The van der Waals surface area contributed by atoms with Gasteiger partial charge >= 0.3 is 0 Å². The number of phenols is 1. The van der Waals surface area contributed by atoms with Crippen LogP contribution in [-0.2, 0) is 0 Å². The SMILES string of the molecule is O=C1c2cccc3c(Br)c([N+](=O)[O-])cc(c23)C(=O)N1c1cc(Cl)ccc1O. The number of benzene rings is 3. The summed E-state index contributed by atoms with van der Waals surface area (Å²) in [6.07, 6.45) is 0. The van der Waals surface area contributed by atoms with Crippen LogP contribution in [-0.4, -0.2) is 21.8 Å². The van der Waals surface area contributed by atoms with Gasteiger partial charge in [-0.3, -0.25) is 19.7 Å². The smallest absolute Gasteiger partial charge is 0.284 e. The molecule has 0 bridgehead atoms. The Morgan fingerprint density at radius 1 is 1.07 bits per heavy atom. The highest BCUT2D eigenvalue weighted by atomic mass is 79.9. The number of nitro benzene ring substituents is 1. The number of aromatic hydroxyl groups is 1. The van der Waals surface area contributed by atoms with Gasteiger partial charge in [-0.1, -0.05) is 23.7 Å². The third-order valence-electron chi connectivity index (χ3n) is 4.32. The Hall–Kier alpha value is -2.97. The first-order chi connectivity index (χ1) is 12.8. The summed E-state index contributed by atoms with van der Waals surface area (Å²) in [6.45, 7) is 0. The maximum Gasteiger partial charge on any atom is 0.284 e. The summed E-state index contributed by atoms with van der Waals surface area (Å²) in [4.78, 5) is 37.6. The molecule has 4 rings (SSSR count). The third-order valence-corrected chi connectivity index (χ3v) is 5.39. The Bertz CT molecular complexity index is 1190. The van der Waals surface area contributed by atoms with Gasteiger partial charge < -0.3 is 5.11 Å². The van der Waals surface area contributed by atoms with E-state index in [1.165, 1.54) is 24.3 Å². The molecule has 27 heavy (non-hydrogen) atoms. The van der Waals surface area contributed by atoms with Crippen LogP contribution < -0.4 is 4.90 Å². The minimum absolute atomic E-state index is 0.00512. The van der Waals surface area contributed by atoms with Crippen LogP contribution in [0.4, 0.5) is 11.4 Å². The highest BCUT2D eigenvalue weighted by molar-refractivity contribution is 9.10. The van der Waals surface area contributed by atoms with Crippen LogP contribution in [0.3, 0.4) is 0 Å². The van der Waals surface area contributed by atoms with E-state index < -0.39 is 16.7 Å². The van der Waals surface area contributed by atoms with Gasteiger partial charge in [0.25, 0.3) is 17.5 Å². The van der Waals surface area contributed by atoms with Crippen molar-refractivity contribution in [2.75, 3.05) is 4.90 Å². The minimum atomic E-state index is -0.781. The van der Waals surface area contributed by atoms with E-state index in [1.807, 2.05) is 0 Å². The van der Waals surface area contributed by atoms with Crippen LogP contribution in [0.5, 0.6) is 5.75 Å². The lowest BCUT2D eigenvalue weighted by atomic mass is 9.93. The van der Waals surface area contributed by atoms with Crippen LogP contribution in [0, 0.1) is 10.1 Å². The minimum Gasteiger partial charge on any atom is -0.506 e. The van der Waals surface area contributed by atoms with Gasteiger partial charge in [-0.2, -0.15) is 0 Å². The van der Waals surface area contributed by atoms with E-state index in [2.05, 4.69) is 15.9 Å². The molecule has 0 radical (unpaired) electrons. The first-order valence-corrected chi connectivity index (χ1v) is 8.75. The van der Waals surface area contributed by atoms with Crippen LogP contribution in [0.15, 0.2) is 46.9 Å². The van der Waals surface area contributed by atoms with Crippen molar-refractivity contribution in [3.63, 3.8) is 0 Å². The van der Waals surface area contributed by atoms with Gasteiger partial charge in [0.2, 0.25) is 0 Å². The molecule has 0 atom stereocenters. The molecule has 134 valence electrons. The number of nitrogens with zero attached hydrogens (tertiary/aromatic N) is 2. The Balaban J connectivity index is 2.06. The summed E-state index contributed by atoms with van der Waals surface area (Å²) >= 11 is 9.13. The Kier molecular flexibility index (Phi) is 3.90. The zero-order chi connectivity index (χ0) is 19.5. The van der Waals surface area contributed by atoms with Gasteiger partial charge in [0.15, 0.2) is 0 Å². The number of phenolic OH excluding ortho intramolecular Hbond substituents is 1. The van der Waals surface area contributed by atoms with E-state index in [-0.39, 0.29) is 37.7 Å². The topological polar surface area (TPSA) is 101 Å². The van der Waals surface area contributed by atoms with Crippen molar-refractivity contribution >= 4 is 61.5 Å². The van der Waals surface area contributed by atoms with Crippen molar-refractivity contribution in [2.24, 2.45) is 0 Å². The van der Waals surface area contributed by atoms with E-state index in [1.54, 1.807) is 12.1 Å². The molecule has 0 saturated carbocycles. The number of hydrogen-bond acceptors (Lipinski definition) is 5. The van der Waals surface area contributed by atoms with Gasteiger partial charge in [-0.15, -0.1) is 0 Å². The highest BCUT2D eigenvalue weighted by Gasteiger charge is 2.37. The average molecular weight is 448 g/mol. The maximum absolute atomic E-state index is 13.1. The van der Waals surface area contributed by atoms with Crippen LogP contribution in [0.1, 0.15) is 20.7 Å². The fraction of sp³-hybridized carbons (Fsp3) is 0. The van der Waals surface area contributed by atoms with Gasteiger partial charge in [0.05, 0.1) is 16.2 Å². The van der Waals surface area contributed by atoms with Crippen molar-refractivity contribution in [3.05, 3.63) is 73.2 Å². The number of carbonyl (C=O) groups excluding carboxylic acids is 2. The average Bonchev–Trinajstić information content (AvgIpc) is 2.63. The number of carbonyl (C=O) groups is 2. The zero-order valence-corrected chi connectivity index (χ0v) is 15.6. The van der Waals surface area contributed by atoms with E-state index >= 15 is 0 Å². The number of amides is 2. The second-order valence-corrected chi connectivity index (χ2v) is 7.05. The number of imide groups is 1. The molecule has 3 aromatic rings. The van der Waals surface area contributed by atoms with Crippen molar-refractivity contribution < 1.29 is 19.6 Å². The summed E-state index contributed by atoms with van der Waals surface area (Å²) in [5.41, 5.74) is -0.204. The molecule has 0 unspecified atom stereocenters. The predicted molar refractivity (Wildman–Crippen MR) is 103 cm³/mol.